The summed E-state index contributed by atoms with van der Waals surface area (Å²) in [6.45, 7) is 2.79. The zero-order valence-electron chi connectivity index (χ0n) is 18.1. The fraction of sp³-hybridized carbons (Fsp3) is 0.417. The van der Waals surface area contributed by atoms with Crippen LogP contribution in [0, 0.1) is 6.92 Å². The van der Waals surface area contributed by atoms with Crippen LogP contribution in [0.5, 0.6) is 0 Å². The molecule has 31 heavy (non-hydrogen) atoms. The summed E-state index contributed by atoms with van der Waals surface area (Å²) >= 11 is 0. The molecule has 1 saturated heterocycles. The van der Waals surface area contributed by atoms with Crippen LogP contribution in [0.3, 0.4) is 0 Å². The summed E-state index contributed by atoms with van der Waals surface area (Å²) in [5.74, 6) is 0.00206. The van der Waals surface area contributed by atoms with Gasteiger partial charge in [-0.05, 0) is 75.9 Å². The number of aromatic nitrogens is 4. The van der Waals surface area contributed by atoms with Crippen LogP contribution in [0.25, 0.3) is 17.1 Å². The van der Waals surface area contributed by atoms with Crippen molar-refractivity contribution >= 4 is 5.91 Å². The van der Waals surface area contributed by atoms with E-state index in [-0.39, 0.29) is 17.5 Å². The molecular weight excluding hydrogens is 388 g/mol. The third kappa shape index (κ3) is 3.63. The molecule has 0 bridgehead atoms. The minimum atomic E-state index is 0.00206. The molecule has 160 valence electrons. The Morgan fingerprint density at radius 1 is 1.19 bits per heavy atom. The first-order valence-electron chi connectivity index (χ1n) is 11.0. The highest BCUT2D eigenvalue weighted by atomic mass is 16.2. The molecule has 0 spiro atoms. The Morgan fingerprint density at radius 2 is 2.06 bits per heavy atom. The van der Waals surface area contributed by atoms with Crippen molar-refractivity contribution in [2.45, 2.75) is 50.6 Å². The van der Waals surface area contributed by atoms with Gasteiger partial charge >= 0.3 is 0 Å². The number of likely N-dealkylation sites (tertiary alicyclic amines) is 1. The molecule has 2 fully saturated rings. The lowest BCUT2D eigenvalue weighted by molar-refractivity contribution is 0.0528. The lowest BCUT2D eigenvalue weighted by atomic mass is 9.93. The van der Waals surface area contributed by atoms with Crippen LogP contribution >= 0.6 is 0 Å². The minimum absolute atomic E-state index is 0.00206. The standard InChI is InChI=1S/C24H28N6O/c1-17-8-9-19(27-15-17)21-14-20(28-30(21)18-6-5-12-26-16-18)23(31)29-13-4-3-7-22(29)24(25-2)10-11-24/h5-6,8-9,12,14-16,22,25H,3-4,7,10-11,13H2,1-2H3. The largest absolute Gasteiger partial charge is 0.332 e. The fourth-order valence-corrected chi connectivity index (χ4v) is 4.74. The highest BCUT2D eigenvalue weighted by molar-refractivity contribution is 5.94. The molecule has 1 aliphatic carbocycles. The van der Waals surface area contributed by atoms with Crippen molar-refractivity contribution in [3.63, 3.8) is 0 Å². The zero-order chi connectivity index (χ0) is 21.4. The number of piperidine rings is 1. The van der Waals surface area contributed by atoms with E-state index in [2.05, 4.69) is 20.2 Å². The van der Waals surface area contributed by atoms with E-state index in [1.54, 1.807) is 17.1 Å². The maximum Gasteiger partial charge on any atom is 0.274 e. The molecule has 2 aliphatic rings. The Kier molecular flexibility index (Phi) is 5.06. The Balaban J connectivity index is 1.54. The third-order valence-corrected chi connectivity index (χ3v) is 6.68. The van der Waals surface area contributed by atoms with Gasteiger partial charge in [0.2, 0.25) is 0 Å². The number of aryl methyl sites for hydroxylation is 1. The van der Waals surface area contributed by atoms with Crippen LogP contribution in [-0.4, -0.2) is 55.7 Å². The zero-order valence-corrected chi connectivity index (χ0v) is 18.1. The SMILES string of the molecule is CNC1(C2CCCCN2C(=O)c2cc(-c3ccc(C)cn3)n(-c3cccnc3)n2)CC1. The molecule has 1 amide bonds. The molecule has 1 atom stereocenters. The quantitative estimate of drug-likeness (QED) is 0.690. The van der Waals surface area contributed by atoms with E-state index in [1.807, 2.05) is 50.5 Å². The number of hydrogen-bond acceptors (Lipinski definition) is 5. The van der Waals surface area contributed by atoms with Crippen molar-refractivity contribution in [1.29, 1.82) is 0 Å². The van der Waals surface area contributed by atoms with Crippen LogP contribution in [-0.2, 0) is 0 Å². The highest BCUT2D eigenvalue weighted by Gasteiger charge is 2.52. The smallest absolute Gasteiger partial charge is 0.274 e. The molecule has 0 radical (unpaired) electrons. The predicted octanol–water partition coefficient (Wildman–Crippen LogP) is 3.38. The third-order valence-electron chi connectivity index (χ3n) is 6.68. The van der Waals surface area contributed by atoms with E-state index in [0.29, 0.717) is 5.69 Å². The van der Waals surface area contributed by atoms with Crippen molar-refractivity contribution < 1.29 is 4.79 Å². The number of hydrogen-bond donors (Lipinski definition) is 1. The first-order valence-corrected chi connectivity index (χ1v) is 11.0. The number of pyridine rings is 2. The number of nitrogens with one attached hydrogen (secondary N) is 1. The van der Waals surface area contributed by atoms with E-state index in [9.17, 15) is 4.79 Å². The monoisotopic (exact) mass is 416 g/mol. The summed E-state index contributed by atoms with van der Waals surface area (Å²) in [5.41, 5.74) is 4.00. The first kappa shape index (κ1) is 19.9. The first-order chi connectivity index (χ1) is 15.1. The van der Waals surface area contributed by atoms with E-state index < -0.39 is 0 Å². The van der Waals surface area contributed by atoms with Gasteiger partial charge in [0.1, 0.15) is 0 Å². The summed E-state index contributed by atoms with van der Waals surface area (Å²) in [5, 5.41) is 8.24. The van der Waals surface area contributed by atoms with Gasteiger partial charge in [-0.25, -0.2) is 4.68 Å². The summed E-state index contributed by atoms with van der Waals surface area (Å²) < 4.78 is 1.78. The van der Waals surface area contributed by atoms with Crippen LogP contribution in [0.2, 0.25) is 0 Å². The van der Waals surface area contributed by atoms with Gasteiger partial charge in [0.15, 0.2) is 5.69 Å². The molecule has 3 aromatic rings. The van der Waals surface area contributed by atoms with E-state index in [4.69, 9.17) is 5.10 Å². The van der Waals surface area contributed by atoms with Crippen molar-refractivity contribution in [3.8, 4) is 17.1 Å². The van der Waals surface area contributed by atoms with Gasteiger partial charge in [-0.2, -0.15) is 5.10 Å². The second-order valence-electron chi connectivity index (χ2n) is 8.67. The van der Waals surface area contributed by atoms with Gasteiger partial charge in [-0.3, -0.25) is 14.8 Å². The molecule has 1 N–H and O–H groups in total. The number of carbonyl (C=O) groups excluding carboxylic acids is 1. The molecule has 4 heterocycles. The molecule has 1 saturated carbocycles. The molecule has 3 aromatic heterocycles. The molecule has 0 aromatic carbocycles. The number of carbonyl (C=O) groups is 1. The Morgan fingerprint density at radius 3 is 2.74 bits per heavy atom. The van der Waals surface area contributed by atoms with Crippen LogP contribution in [0.15, 0.2) is 48.9 Å². The highest BCUT2D eigenvalue weighted by Crippen LogP contribution is 2.44. The van der Waals surface area contributed by atoms with Gasteiger partial charge < -0.3 is 10.2 Å². The summed E-state index contributed by atoms with van der Waals surface area (Å²) in [6, 6.07) is 9.90. The Hall–Kier alpha value is -3.06. The fourth-order valence-electron chi connectivity index (χ4n) is 4.74. The molecule has 5 rings (SSSR count). The molecule has 1 aliphatic heterocycles. The minimum Gasteiger partial charge on any atom is -0.332 e. The van der Waals surface area contributed by atoms with Gasteiger partial charge in [0, 0.05) is 24.5 Å². The van der Waals surface area contributed by atoms with Crippen LogP contribution in [0.4, 0.5) is 0 Å². The number of amides is 1. The maximum absolute atomic E-state index is 13.7. The second-order valence-corrected chi connectivity index (χ2v) is 8.67. The van der Waals surface area contributed by atoms with Crippen molar-refractivity contribution in [2.24, 2.45) is 0 Å². The van der Waals surface area contributed by atoms with E-state index in [0.717, 1.165) is 54.9 Å². The number of nitrogens with zero attached hydrogens (tertiary/aromatic N) is 5. The molecular formula is C24H28N6O. The summed E-state index contributed by atoms with van der Waals surface area (Å²) in [6.07, 6.45) is 10.8. The van der Waals surface area contributed by atoms with Crippen molar-refractivity contribution in [1.82, 2.24) is 30.0 Å². The lowest BCUT2D eigenvalue weighted by Crippen LogP contribution is -2.55. The number of likely N-dealkylation sites (N-methyl/N-ethyl adjacent to an activating group) is 1. The van der Waals surface area contributed by atoms with Gasteiger partial charge in [-0.15, -0.1) is 0 Å². The lowest BCUT2D eigenvalue weighted by Gasteiger charge is -2.40. The average Bonchev–Trinajstić information content (AvgIpc) is 3.50. The Bertz CT molecular complexity index is 1070. The average molecular weight is 417 g/mol. The summed E-state index contributed by atoms with van der Waals surface area (Å²) in [7, 11) is 2.02. The Labute approximate surface area is 182 Å². The van der Waals surface area contributed by atoms with Crippen molar-refractivity contribution in [2.75, 3.05) is 13.6 Å². The van der Waals surface area contributed by atoms with Gasteiger partial charge in [0.25, 0.3) is 5.91 Å². The predicted molar refractivity (Wildman–Crippen MR) is 119 cm³/mol. The maximum atomic E-state index is 13.7. The summed E-state index contributed by atoms with van der Waals surface area (Å²) in [4.78, 5) is 24.5. The van der Waals surface area contributed by atoms with Crippen molar-refractivity contribution in [3.05, 3.63) is 60.2 Å². The number of rotatable bonds is 5. The second kappa shape index (κ2) is 7.89. The van der Waals surface area contributed by atoms with Gasteiger partial charge in [0.05, 0.1) is 29.3 Å². The molecule has 7 nitrogen and oxygen atoms in total. The molecule has 1 unspecified atom stereocenters. The topological polar surface area (TPSA) is 75.9 Å². The van der Waals surface area contributed by atoms with E-state index in [1.165, 1.54) is 6.42 Å². The normalized spacial score (nSPS) is 19.9. The van der Waals surface area contributed by atoms with Gasteiger partial charge in [-0.1, -0.05) is 6.07 Å². The van der Waals surface area contributed by atoms with Crippen LogP contribution < -0.4 is 5.32 Å². The molecule has 7 heteroatoms. The van der Waals surface area contributed by atoms with Crippen LogP contribution in [0.1, 0.15) is 48.2 Å². The van der Waals surface area contributed by atoms with E-state index >= 15 is 0 Å².